The highest BCUT2D eigenvalue weighted by atomic mass is 16.5. The van der Waals surface area contributed by atoms with E-state index in [0.29, 0.717) is 19.8 Å². The highest BCUT2D eigenvalue weighted by Crippen LogP contribution is 2.24. The molecule has 1 heterocycles. The molecule has 0 saturated carbocycles. The Labute approximate surface area is 107 Å². The molecule has 1 N–H and O–H groups in total. The van der Waals surface area contributed by atoms with Crippen LogP contribution in [0.3, 0.4) is 0 Å². The summed E-state index contributed by atoms with van der Waals surface area (Å²) < 4.78 is 10.2. The van der Waals surface area contributed by atoms with Crippen LogP contribution >= 0.6 is 0 Å². The third kappa shape index (κ3) is 3.23. The van der Waals surface area contributed by atoms with Crippen LogP contribution in [0.2, 0.25) is 0 Å². The van der Waals surface area contributed by atoms with E-state index in [1.165, 1.54) is 5.56 Å². The predicted octanol–water partition coefficient (Wildman–Crippen LogP) is 1.85. The molecule has 18 heavy (non-hydrogen) atoms. The van der Waals surface area contributed by atoms with Gasteiger partial charge in [0.25, 0.3) is 0 Å². The molecule has 0 saturated heterocycles. The Morgan fingerprint density at radius 3 is 3.06 bits per heavy atom. The van der Waals surface area contributed by atoms with E-state index < -0.39 is 0 Å². The molecule has 0 aliphatic carbocycles. The van der Waals surface area contributed by atoms with Crippen LogP contribution in [-0.4, -0.2) is 32.8 Å². The minimum Gasteiger partial charge on any atom is -0.465 e. The van der Waals surface area contributed by atoms with E-state index in [2.05, 4.69) is 5.32 Å². The number of carbonyl (C=O) groups is 1. The number of methoxy groups -OCH3 is 1. The molecule has 98 valence electrons. The van der Waals surface area contributed by atoms with Gasteiger partial charge in [-0.15, -0.1) is 0 Å². The Morgan fingerprint density at radius 2 is 2.22 bits per heavy atom. The zero-order chi connectivity index (χ0) is 12.8. The van der Waals surface area contributed by atoms with Crippen molar-refractivity contribution in [1.82, 2.24) is 0 Å². The molecule has 0 fully saturated rings. The maximum absolute atomic E-state index is 11.9. The largest absolute Gasteiger partial charge is 0.465 e. The quantitative estimate of drug-likeness (QED) is 0.639. The third-order valence-electron chi connectivity index (χ3n) is 3.09. The van der Waals surface area contributed by atoms with Crippen molar-refractivity contribution >= 4 is 11.7 Å². The van der Waals surface area contributed by atoms with E-state index in [0.717, 1.165) is 18.5 Å². The highest BCUT2D eigenvalue weighted by Gasteiger charge is 2.25. The average molecular weight is 249 g/mol. The first-order valence-corrected chi connectivity index (χ1v) is 6.28. The van der Waals surface area contributed by atoms with Crippen molar-refractivity contribution in [1.29, 1.82) is 0 Å². The van der Waals surface area contributed by atoms with Crippen molar-refractivity contribution in [2.24, 2.45) is 5.92 Å². The van der Waals surface area contributed by atoms with Gasteiger partial charge < -0.3 is 14.8 Å². The number of anilines is 1. The monoisotopic (exact) mass is 249 g/mol. The average Bonchev–Trinajstić information content (AvgIpc) is 2.43. The summed E-state index contributed by atoms with van der Waals surface area (Å²) >= 11 is 0. The van der Waals surface area contributed by atoms with Gasteiger partial charge >= 0.3 is 5.97 Å². The van der Waals surface area contributed by atoms with E-state index in [1.54, 1.807) is 7.11 Å². The molecular formula is C14H19NO3. The summed E-state index contributed by atoms with van der Waals surface area (Å²) in [6.45, 7) is 1.71. The molecule has 1 atom stereocenters. The summed E-state index contributed by atoms with van der Waals surface area (Å²) in [6.07, 6.45) is 1.51. The summed E-state index contributed by atoms with van der Waals surface area (Å²) in [7, 11) is 1.64. The molecule has 0 radical (unpaired) electrons. The zero-order valence-electron chi connectivity index (χ0n) is 10.6. The normalized spacial score (nSPS) is 17.7. The smallest absolute Gasteiger partial charge is 0.311 e. The van der Waals surface area contributed by atoms with Gasteiger partial charge in [0.05, 0.1) is 12.5 Å². The van der Waals surface area contributed by atoms with Crippen LogP contribution in [0, 0.1) is 5.92 Å². The fraction of sp³-hybridized carbons (Fsp3) is 0.500. The van der Waals surface area contributed by atoms with Crippen LogP contribution in [0.25, 0.3) is 0 Å². The number of nitrogens with one attached hydrogen (secondary N) is 1. The summed E-state index contributed by atoms with van der Waals surface area (Å²) in [6, 6.07) is 8.07. The van der Waals surface area contributed by atoms with Crippen molar-refractivity contribution < 1.29 is 14.3 Å². The Kier molecular flexibility index (Phi) is 4.59. The maximum atomic E-state index is 11.9. The highest BCUT2D eigenvalue weighted by molar-refractivity contribution is 5.75. The number of para-hydroxylation sites is 1. The van der Waals surface area contributed by atoms with E-state index >= 15 is 0 Å². The van der Waals surface area contributed by atoms with Crippen molar-refractivity contribution in [3.8, 4) is 0 Å². The summed E-state index contributed by atoms with van der Waals surface area (Å²) in [5.74, 6) is -0.199. The lowest BCUT2D eigenvalue weighted by atomic mass is 9.94. The second-order valence-electron chi connectivity index (χ2n) is 4.45. The molecule has 1 aromatic carbocycles. The number of hydrogen-bond acceptors (Lipinski definition) is 4. The number of rotatable bonds is 5. The molecule has 2 rings (SSSR count). The van der Waals surface area contributed by atoms with Gasteiger partial charge in [0.2, 0.25) is 0 Å². The Morgan fingerprint density at radius 1 is 1.39 bits per heavy atom. The third-order valence-corrected chi connectivity index (χ3v) is 3.09. The predicted molar refractivity (Wildman–Crippen MR) is 69.6 cm³/mol. The first-order valence-electron chi connectivity index (χ1n) is 6.28. The lowest BCUT2D eigenvalue weighted by molar-refractivity contribution is -0.148. The van der Waals surface area contributed by atoms with Crippen LogP contribution in [0.15, 0.2) is 24.3 Å². The maximum Gasteiger partial charge on any atom is 0.311 e. The van der Waals surface area contributed by atoms with Gasteiger partial charge in [0, 0.05) is 32.4 Å². The molecule has 0 amide bonds. The second kappa shape index (κ2) is 6.40. The topological polar surface area (TPSA) is 47.6 Å². The molecule has 1 aromatic rings. The van der Waals surface area contributed by atoms with E-state index in [4.69, 9.17) is 9.47 Å². The molecule has 1 aliphatic heterocycles. The van der Waals surface area contributed by atoms with Crippen molar-refractivity contribution in [3.05, 3.63) is 29.8 Å². The number of hydrogen-bond donors (Lipinski definition) is 1. The van der Waals surface area contributed by atoms with Gasteiger partial charge in [-0.05, 0) is 18.1 Å². The Balaban J connectivity index is 1.83. The van der Waals surface area contributed by atoms with Gasteiger partial charge in [0.1, 0.15) is 0 Å². The fourth-order valence-electron chi connectivity index (χ4n) is 2.10. The van der Waals surface area contributed by atoms with Gasteiger partial charge in [-0.2, -0.15) is 0 Å². The lowest BCUT2D eigenvalue weighted by Gasteiger charge is -2.24. The molecular weight excluding hydrogens is 230 g/mol. The van der Waals surface area contributed by atoms with Gasteiger partial charge in [-0.25, -0.2) is 0 Å². The number of benzene rings is 1. The van der Waals surface area contributed by atoms with Crippen LogP contribution in [-0.2, 0) is 20.7 Å². The van der Waals surface area contributed by atoms with Gasteiger partial charge in [-0.1, -0.05) is 18.2 Å². The van der Waals surface area contributed by atoms with Crippen LogP contribution in [0.4, 0.5) is 5.69 Å². The minimum absolute atomic E-state index is 0.0811. The first kappa shape index (κ1) is 12.9. The second-order valence-corrected chi connectivity index (χ2v) is 4.45. The van der Waals surface area contributed by atoms with Crippen LogP contribution in [0.1, 0.15) is 12.0 Å². The van der Waals surface area contributed by atoms with E-state index in [9.17, 15) is 4.79 Å². The number of fused-ring (bicyclic) bond motifs is 1. The van der Waals surface area contributed by atoms with Crippen molar-refractivity contribution in [2.45, 2.75) is 12.8 Å². The van der Waals surface area contributed by atoms with Gasteiger partial charge in [-0.3, -0.25) is 4.79 Å². The standard InChI is InChI=1S/C14H19NO3/c1-17-7-4-8-18-14(16)12-9-11-5-2-3-6-13(11)15-10-12/h2-3,5-6,12,15H,4,7-10H2,1H3. The molecule has 1 unspecified atom stereocenters. The lowest BCUT2D eigenvalue weighted by Crippen LogP contribution is -2.31. The Bertz CT molecular complexity index is 406. The first-order chi connectivity index (χ1) is 8.81. The summed E-state index contributed by atoms with van der Waals surface area (Å²) in [5, 5.41) is 3.27. The molecule has 0 spiro atoms. The molecule has 4 heteroatoms. The fourth-order valence-corrected chi connectivity index (χ4v) is 2.10. The summed E-state index contributed by atoms with van der Waals surface area (Å²) in [4.78, 5) is 11.9. The number of esters is 1. The molecule has 1 aliphatic rings. The van der Waals surface area contributed by atoms with Crippen LogP contribution < -0.4 is 5.32 Å². The zero-order valence-corrected chi connectivity index (χ0v) is 10.6. The summed E-state index contributed by atoms with van der Waals surface area (Å²) in [5.41, 5.74) is 2.31. The number of carbonyl (C=O) groups excluding carboxylic acids is 1. The van der Waals surface area contributed by atoms with Crippen LogP contribution in [0.5, 0.6) is 0 Å². The minimum atomic E-state index is -0.117. The van der Waals surface area contributed by atoms with Crippen molar-refractivity contribution in [3.63, 3.8) is 0 Å². The SMILES string of the molecule is COCCCOC(=O)C1CNc2ccccc2C1. The molecule has 4 nitrogen and oxygen atoms in total. The van der Waals surface area contributed by atoms with E-state index in [-0.39, 0.29) is 11.9 Å². The molecule has 0 aromatic heterocycles. The van der Waals surface area contributed by atoms with Crippen molar-refractivity contribution in [2.75, 3.05) is 32.2 Å². The number of ether oxygens (including phenoxy) is 2. The molecule has 0 bridgehead atoms. The Hall–Kier alpha value is -1.55. The van der Waals surface area contributed by atoms with Gasteiger partial charge in [0.15, 0.2) is 0 Å². The van der Waals surface area contributed by atoms with E-state index in [1.807, 2.05) is 24.3 Å².